The van der Waals surface area contributed by atoms with Gasteiger partial charge < -0.3 is 15.0 Å². The molecular weight excluding hydrogens is 406 g/mol. The quantitative estimate of drug-likeness (QED) is 0.539. The first-order valence-electron chi connectivity index (χ1n) is 10.4. The van der Waals surface area contributed by atoms with E-state index in [1.807, 2.05) is 30.3 Å². The third-order valence-electron chi connectivity index (χ3n) is 5.36. The Morgan fingerprint density at radius 3 is 2.34 bits per heavy atom. The summed E-state index contributed by atoms with van der Waals surface area (Å²) in [6.07, 6.45) is 1.62. The Labute approximate surface area is 184 Å². The zero-order valence-corrected chi connectivity index (χ0v) is 17.3. The Morgan fingerprint density at radius 2 is 1.62 bits per heavy atom. The topological polar surface area (TPSA) is 89.3 Å². The minimum atomic E-state index is -0.410. The summed E-state index contributed by atoms with van der Waals surface area (Å²) < 4.78 is 6.63. The summed E-state index contributed by atoms with van der Waals surface area (Å²) in [5, 5.41) is 8.19. The molecule has 0 bridgehead atoms. The van der Waals surface area contributed by atoms with Crippen LogP contribution in [0.4, 0.5) is 11.5 Å². The van der Waals surface area contributed by atoms with Crippen molar-refractivity contribution in [3.63, 3.8) is 0 Å². The Balaban J connectivity index is 1.48. The van der Waals surface area contributed by atoms with Gasteiger partial charge in [-0.3, -0.25) is 9.59 Å². The Kier molecular flexibility index (Phi) is 5.35. The fourth-order valence-electron chi connectivity index (χ4n) is 3.73. The van der Waals surface area contributed by atoms with Crippen LogP contribution in [0.2, 0.25) is 0 Å². The van der Waals surface area contributed by atoms with E-state index in [2.05, 4.69) is 20.3 Å². The van der Waals surface area contributed by atoms with E-state index in [0.717, 1.165) is 18.9 Å². The number of aromatic nitrogens is 3. The molecule has 1 saturated heterocycles. The smallest absolute Gasteiger partial charge is 0.279 e. The van der Waals surface area contributed by atoms with Gasteiger partial charge in [-0.2, -0.15) is 9.78 Å². The summed E-state index contributed by atoms with van der Waals surface area (Å²) >= 11 is 0. The molecule has 1 fully saturated rings. The number of benzene rings is 2. The number of morpholine rings is 1. The Bertz CT molecular complexity index is 1310. The Hall–Kier alpha value is -4.04. The highest BCUT2D eigenvalue weighted by Gasteiger charge is 2.18. The first kappa shape index (κ1) is 19.9. The lowest BCUT2D eigenvalue weighted by atomic mass is 10.1. The molecule has 2 aromatic heterocycles. The van der Waals surface area contributed by atoms with Crippen molar-refractivity contribution >= 4 is 28.2 Å². The predicted molar refractivity (Wildman–Crippen MR) is 123 cm³/mol. The number of ether oxygens (including phenoxy) is 1. The molecule has 160 valence electrons. The highest BCUT2D eigenvalue weighted by molar-refractivity contribution is 6.11. The molecule has 0 unspecified atom stereocenters. The number of rotatable bonds is 4. The molecule has 0 saturated carbocycles. The number of carbonyl (C=O) groups is 1. The van der Waals surface area contributed by atoms with E-state index >= 15 is 0 Å². The van der Waals surface area contributed by atoms with E-state index in [1.54, 1.807) is 42.6 Å². The molecule has 32 heavy (non-hydrogen) atoms. The van der Waals surface area contributed by atoms with E-state index in [9.17, 15) is 9.59 Å². The number of fused-ring (bicyclic) bond motifs is 1. The van der Waals surface area contributed by atoms with Crippen LogP contribution in [0.15, 0.2) is 77.7 Å². The number of amides is 1. The molecule has 8 nitrogen and oxygen atoms in total. The van der Waals surface area contributed by atoms with Crippen LogP contribution in [-0.2, 0) is 4.74 Å². The van der Waals surface area contributed by atoms with Gasteiger partial charge in [0.2, 0.25) is 0 Å². The number of hydrogen-bond acceptors (Lipinski definition) is 6. The zero-order valence-electron chi connectivity index (χ0n) is 17.3. The molecule has 1 amide bonds. The summed E-state index contributed by atoms with van der Waals surface area (Å²) in [5.74, 6) is 0.430. The maximum Gasteiger partial charge on any atom is 0.279 e. The highest BCUT2D eigenvalue weighted by Crippen LogP contribution is 2.19. The van der Waals surface area contributed by atoms with Crippen molar-refractivity contribution in [1.82, 2.24) is 14.8 Å². The van der Waals surface area contributed by atoms with Crippen LogP contribution in [-0.4, -0.2) is 47.0 Å². The summed E-state index contributed by atoms with van der Waals surface area (Å²) in [6, 6.07) is 19.7. The monoisotopic (exact) mass is 427 g/mol. The molecule has 4 aromatic rings. The lowest BCUT2D eigenvalue weighted by Crippen LogP contribution is -2.36. The first-order valence-corrected chi connectivity index (χ1v) is 10.4. The summed E-state index contributed by atoms with van der Waals surface area (Å²) in [6.45, 7) is 2.93. The number of anilines is 2. The van der Waals surface area contributed by atoms with E-state index < -0.39 is 5.91 Å². The molecule has 0 spiro atoms. The van der Waals surface area contributed by atoms with Crippen LogP contribution < -0.4 is 15.8 Å². The average Bonchev–Trinajstić information content (AvgIpc) is 2.86. The average molecular weight is 427 g/mol. The van der Waals surface area contributed by atoms with E-state index in [0.29, 0.717) is 35.4 Å². The number of para-hydroxylation sites is 1. The fourth-order valence-corrected chi connectivity index (χ4v) is 3.73. The fraction of sp³-hybridized carbons (Fsp3) is 0.167. The van der Waals surface area contributed by atoms with Gasteiger partial charge in [0, 0.05) is 18.5 Å². The van der Waals surface area contributed by atoms with Crippen LogP contribution >= 0.6 is 0 Å². The van der Waals surface area contributed by atoms with Gasteiger partial charge in [0.05, 0.1) is 36.2 Å². The van der Waals surface area contributed by atoms with Gasteiger partial charge in [-0.1, -0.05) is 36.4 Å². The van der Waals surface area contributed by atoms with Gasteiger partial charge in [-0.15, -0.1) is 0 Å². The van der Waals surface area contributed by atoms with Crippen molar-refractivity contribution in [2.24, 2.45) is 0 Å². The zero-order chi connectivity index (χ0) is 21.9. The van der Waals surface area contributed by atoms with Gasteiger partial charge in [0.15, 0.2) is 5.69 Å². The van der Waals surface area contributed by atoms with Gasteiger partial charge in [-0.25, -0.2) is 4.98 Å². The normalized spacial score (nSPS) is 13.8. The molecule has 0 radical (unpaired) electrons. The Morgan fingerprint density at radius 1 is 0.906 bits per heavy atom. The van der Waals surface area contributed by atoms with E-state index in [1.165, 1.54) is 4.68 Å². The third-order valence-corrected chi connectivity index (χ3v) is 5.36. The van der Waals surface area contributed by atoms with Crippen molar-refractivity contribution in [3.8, 4) is 5.69 Å². The van der Waals surface area contributed by atoms with Crippen LogP contribution in [0.3, 0.4) is 0 Å². The summed E-state index contributed by atoms with van der Waals surface area (Å²) in [5.41, 5.74) is 1.03. The standard InChI is InChI=1S/C24H21N5O3/c30-23(26-17-10-11-21(25-16-17)28-12-14-32-15-13-28)22-19-8-4-5-9-20(19)24(31)29(27-22)18-6-2-1-3-7-18/h1-11,16H,12-15H2,(H,26,30). The van der Waals surface area contributed by atoms with Gasteiger partial charge in [0.1, 0.15) is 5.82 Å². The van der Waals surface area contributed by atoms with Gasteiger partial charge in [0.25, 0.3) is 11.5 Å². The minimum Gasteiger partial charge on any atom is -0.378 e. The third kappa shape index (κ3) is 3.83. The molecule has 1 N–H and O–H groups in total. The van der Waals surface area contributed by atoms with E-state index in [4.69, 9.17) is 4.74 Å². The lowest BCUT2D eigenvalue weighted by Gasteiger charge is -2.27. The predicted octanol–water partition coefficient (Wildman–Crippen LogP) is 2.87. The molecule has 5 rings (SSSR count). The van der Waals surface area contributed by atoms with E-state index in [-0.39, 0.29) is 11.3 Å². The molecule has 1 aliphatic rings. The highest BCUT2D eigenvalue weighted by atomic mass is 16.5. The number of nitrogens with one attached hydrogen (secondary N) is 1. The van der Waals surface area contributed by atoms with Crippen molar-refractivity contribution in [1.29, 1.82) is 0 Å². The number of nitrogens with zero attached hydrogens (tertiary/aromatic N) is 4. The van der Waals surface area contributed by atoms with Crippen molar-refractivity contribution < 1.29 is 9.53 Å². The first-order chi connectivity index (χ1) is 15.7. The molecule has 3 heterocycles. The second kappa shape index (κ2) is 8.60. The van der Waals surface area contributed by atoms with Crippen LogP contribution in [0.25, 0.3) is 16.5 Å². The molecule has 2 aromatic carbocycles. The van der Waals surface area contributed by atoms with Crippen LogP contribution in [0, 0.1) is 0 Å². The molecule has 1 aliphatic heterocycles. The summed E-state index contributed by atoms with van der Waals surface area (Å²) in [4.78, 5) is 32.8. The summed E-state index contributed by atoms with van der Waals surface area (Å²) in [7, 11) is 0. The molecule has 8 heteroatoms. The SMILES string of the molecule is O=C(Nc1ccc(N2CCOCC2)nc1)c1nn(-c2ccccc2)c(=O)c2ccccc12. The largest absolute Gasteiger partial charge is 0.378 e. The van der Waals surface area contributed by atoms with Crippen LogP contribution in [0.1, 0.15) is 10.5 Å². The molecular formula is C24H21N5O3. The second-order valence-electron chi connectivity index (χ2n) is 7.41. The minimum absolute atomic E-state index is 0.168. The van der Waals surface area contributed by atoms with Gasteiger partial charge >= 0.3 is 0 Å². The van der Waals surface area contributed by atoms with Crippen molar-refractivity contribution in [3.05, 3.63) is 89.0 Å². The second-order valence-corrected chi connectivity index (χ2v) is 7.41. The van der Waals surface area contributed by atoms with Crippen LogP contribution in [0.5, 0.6) is 0 Å². The maximum absolute atomic E-state index is 13.2. The van der Waals surface area contributed by atoms with Crippen molar-refractivity contribution in [2.45, 2.75) is 0 Å². The van der Waals surface area contributed by atoms with Crippen molar-refractivity contribution in [2.75, 3.05) is 36.5 Å². The number of hydrogen-bond donors (Lipinski definition) is 1. The number of carbonyl (C=O) groups excluding carboxylic acids is 1. The number of pyridine rings is 1. The molecule has 0 atom stereocenters. The molecule has 0 aliphatic carbocycles. The van der Waals surface area contributed by atoms with Gasteiger partial charge in [-0.05, 0) is 30.3 Å². The lowest BCUT2D eigenvalue weighted by molar-refractivity contribution is 0.102. The maximum atomic E-state index is 13.2.